The normalized spacial score (nSPS) is 11.5. The summed E-state index contributed by atoms with van der Waals surface area (Å²) in [5.74, 6) is 1.42. The number of anilines is 3. The second-order valence-electron chi connectivity index (χ2n) is 8.86. The number of benzene rings is 2. The molecule has 0 amide bonds. The van der Waals surface area contributed by atoms with Crippen LogP contribution in [0.25, 0.3) is 11.3 Å². The van der Waals surface area contributed by atoms with Gasteiger partial charge in [-0.15, -0.1) is 0 Å². The molecule has 0 saturated heterocycles. The van der Waals surface area contributed by atoms with Gasteiger partial charge in [-0.05, 0) is 50.2 Å². The second-order valence-corrected chi connectivity index (χ2v) is 8.86. The molecule has 0 aliphatic heterocycles. The fraction of sp³-hybridized carbons (Fsp3) is 0.360. The van der Waals surface area contributed by atoms with Crippen molar-refractivity contribution in [2.75, 3.05) is 37.8 Å². The Balaban J connectivity index is 1.82. The third kappa shape index (κ3) is 6.29. The molecule has 0 spiro atoms. The van der Waals surface area contributed by atoms with E-state index in [4.69, 9.17) is 9.97 Å². The summed E-state index contributed by atoms with van der Waals surface area (Å²) in [6.07, 6.45) is 1.03. The van der Waals surface area contributed by atoms with Gasteiger partial charge in [-0.2, -0.15) is 4.98 Å². The predicted molar refractivity (Wildman–Crippen MR) is 128 cm³/mol. The van der Waals surface area contributed by atoms with Crippen molar-refractivity contribution in [3.63, 3.8) is 0 Å². The topological polar surface area (TPSA) is 53.1 Å². The van der Waals surface area contributed by atoms with Gasteiger partial charge in [0.2, 0.25) is 5.95 Å². The highest BCUT2D eigenvalue weighted by Gasteiger charge is 2.13. The molecule has 0 unspecified atom stereocenters. The maximum Gasteiger partial charge on any atom is 0.225 e. The minimum absolute atomic E-state index is 0.136. The third-order valence-corrected chi connectivity index (χ3v) is 4.88. The molecule has 30 heavy (non-hydrogen) atoms. The summed E-state index contributed by atoms with van der Waals surface area (Å²) >= 11 is 0. The molecule has 1 aromatic heterocycles. The molecule has 158 valence electrons. The number of aromatic nitrogens is 2. The standard InChI is InChI=1S/C25H33N5/c1-25(2,3)20-12-14-21(15-13-20)27-23-18-22(19-10-7-6-8-11-19)28-24(29-23)26-16-9-17-30(4)5/h6-8,10-15,18H,9,16-17H2,1-5H3,(H2,26,27,28,29). The predicted octanol–water partition coefficient (Wildman–Crippen LogP) is 5.55. The van der Waals surface area contributed by atoms with Crippen molar-refractivity contribution in [2.24, 2.45) is 0 Å². The maximum absolute atomic E-state index is 4.73. The van der Waals surface area contributed by atoms with E-state index in [0.29, 0.717) is 5.95 Å². The van der Waals surface area contributed by atoms with Crippen molar-refractivity contribution in [1.29, 1.82) is 0 Å². The molecular formula is C25H33N5. The summed E-state index contributed by atoms with van der Waals surface area (Å²) in [6, 6.07) is 20.8. The van der Waals surface area contributed by atoms with Crippen LogP contribution in [0.2, 0.25) is 0 Å². The molecule has 0 saturated carbocycles. The van der Waals surface area contributed by atoms with Gasteiger partial charge in [-0.1, -0.05) is 63.2 Å². The van der Waals surface area contributed by atoms with Gasteiger partial charge in [0.05, 0.1) is 5.69 Å². The van der Waals surface area contributed by atoms with E-state index in [9.17, 15) is 0 Å². The van der Waals surface area contributed by atoms with Crippen LogP contribution in [0, 0.1) is 0 Å². The molecule has 0 aliphatic rings. The number of hydrogen-bond acceptors (Lipinski definition) is 5. The lowest BCUT2D eigenvalue weighted by atomic mass is 9.87. The van der Waals surface area contributed by atoms with E-state index >= 15 is 0 Å². The van der Waals surface area contributed by atoms with E-state index in [1.54, 1.807) is 0 Å². The Bertz CT molecular complexity index is 928. The first-order chi connectivity index (χ1) is 14.3. The van der Waals surface area contributed by atoms with Gasteiger partial charge in [0, 0.05) is 23.9 Å². The molecule has 0 fully saturated rings. The molecule has 5 nitrogen and oxygen atoms in total. The van der Waals surface area contributed by atoms with Crippen molar-refractivity contribution in [2.45, 2.75) is 32.6 Å². The van der Waals surface area contributed by atoms with Gasteiger partial charge in [0.15, 0.2) is 0 Å². The van der Waals surface area contributed by atoms with Crippen LogP contribution in [0.15, 0.2) is 60.7 Å². The Kier molecular flexibility index (Phi) is 7.06. The monoisotopic (exact) mass is 403 g/mol. The van der Waals surface area contributed by atoms with Gasteiger partial charge in [0.1, 0.15) is 5.82 Å². The molecule has 3 rings (SSSR count). The molecule has 0 radical (unpaired) electrons. The maximum atomic E-state index is 4.73. The summed E-state index contributed by atoms with van der Waals surface area (Å²) in [5, 5.41) is 6.82. The Morgan fingerprint density at radius 1 is 0.900 bits per heavy atom. The molecule has 0 atom stereocenters. The van der Waals surface area contributed by atoms with Crippen LogP contribution in [0.3, 0.4) is 0 Å². The molecule has 5 heteroatoms. The van der Waals surface area contributed by atoms with E-state index in [-0.39, 0.29) is 5.41 Å². The fourth-order valence-corrected chi connectivity index (χ4v) is 3.14. The van der Waals surface area contributed by atoms with E-state index in [1.807, 2.05) is 24.3 Å². The van der Waals surface area contributed by atoms with Gasteiger partial charge >= 0.3 is 0 Å². The Labute approximate surface area is 180 Å². The van der Waals surface area contributed by atoms with Crippen molar-refractivity contribution in [3.05, 3.63) is 66.2 Å². The summed E-state index contributed by atoms with van der Waals surface area (Å²) < 4.78 is 0. The average Bonchev–Trinajstić information content (AvgIpc) is 2.71. The summed E-state index contributed by atoms with van der Waals surface area (Å²) in [6.45, 7) is 8.52. The zero-order valence-corrected chi connectivity index (χ0v) is 18.7. The zero-order chi connectivity index (χ0) is 21.6. The Hall–Kier alpha value is -2.92. The fourth-order valence-electron chi connectivity index (χ4n) is 3.14. The van der Waals surface area contributed by atoms with Gasteiger partial charge in [-0.25, -0.2) is 4.98 Å². The lowest BCUT2D eigenvalue weighted by molar-refractivity contribution is 0.405. The van der Waals surface area contributed by atoms with Crippen molar-refractivity contribution < 1.29 is 0 Å². The molecular weight excluding hydrogens is 370 g/mol. The van der Waals surface area contributed by atoms with Crippen LogP contribution >= 0.6 is 0 Å². The lowest BCUT2D eigenvalue weighted by Gasteiger charge is -2.19. The third-order valence-electron chi connectivity index (χ3n) is 4.88. The zero-order valence-electron chi connectivity index (χ0n) is 18.7. The number of hydrogen-bond donors (Lipinski definition) is 2. The summed E-state index contributed by atoms with van der Waals surface area (Å²) in [4.78, 5) is 11.6. The minimum Gasteiger partial charge on any atom is -0.354 e. The first-order valence-electron chi connectivity index (χ1n) is 10.5. The van der Waals surface area contributed by atoms with E-state index in [1.165, 1.54) is 5.56 Å². The molecule has 1 heterocycles. The van der Waals surface area contributed by atoms with Crippen molar-refractivity contribution in [1.82, 2.24) is 14.9 Å². The van der Waals surface area contributed by atoms with E-state index in [2.05, 4.69) is 86.8 Å². The molecule has 2 aromatic carbocycles. The first-order valence-corrected chi connectivity index (χ1v) is 10.5. The van der Waals surface area contributed by atoms with Crippen LogP contribution < -0.4 is 10.6 Å². The quantitative estimate of drug-likeness (QED) is 0.483. The molecule has 3 aromatic rings. The highest BCUT2D eigenvalue weighted by atomic mass is 15.1. The van der Waals surface area contributed by atoms with E-state index < -0.39 is 0 Å². The molecule has 0 bridgehead atoms. The Morgan fingerprint density at radius 3 is 2.23 bits per heavy atom. The average molecular weight is 404 g/mol. The summed E-state index contributed by atoms with van der Waals surface area (Å²) in [5.41, 5.74) is 4.43. The number of nitrogens with zero attached hydrogens (tertiary/aromatic N) is 3. The summed E-state index contributed by atoms with van der Waals surface area (Å²) in [7, 11) is 4.17. The van der Waals surface area contributed by atoms with Crippen molar-refractivity contribution >= 4 is 17.5 Å². The van der Waals surface area contributed by atoms with Crippen LogP contribution in [-0.2, 0) is 5.41 Å². The Morgan fingerprint density at radius 2 is 1.60 bits per heavy atom. The first kappa shape index (κ1) is 21.8. The molecule has 2 N–H and O–H groups in total. The molecule has 0 aliphatic carbocycles. The van der Waals surface area contributed by atoms with Gasteiger partial charge in [0.25, 0.3) is 0 Å². The number of nitrogens with one attached hydrogen (secondary N) is 2. The van der Waals surface area contributed by atoms with E-state index in [0.717, 1.165) is 42.3 Å². The van der Waals surface area contributed by atoms with Crippen molar-refractivity contribution in [3.8, 4) is 11.3 Å². The largest absolute Gasteiger partial charge is 0.354 e. The highest BCUT2D eigenvalue weighted by Crippen LogP contribution is 2.26. The van der Waals surface area contributed by atoms with Crippen LogP contribution in [0.5, 0.6) is 0 Å². The number of rotatable bonds is 8. The van der Waals surface area contributed by atoms with Crippen LogP contribution in [0.1, 0.15) is 32.8 Å². The highest BCUT2D eigenvalue weighted by molar-refractivity contribution is 5.67. The van der Waals surface area contributed by atoms with Gasteiger partial charge in [-0.3, -0.25) is 0 Å². The minimum atomic E-state index is 0.136. The smallest absolute Gasteiger partial charge is 0.225 e. The SMILES string of the molecule is CN(C)CCCNc1nc(Nc2ccc(C(C)(C)C)cc2)cc(-c2ccccc2)n1. The van der Waals surface area contributed by atoms with Gasteiger partial charge < -0.3 is 15.5 Å². The lowest BCUT2D eigenvalue weighted by Crippen LogP contribution is -2.17. The van der Waals surface area contributed by atoms with Crippen LogP contribution in [-0.4, -0.2) is 42.1 Å². The second kappa shape index (κ2) is 9.72. The van der Waals surface area contributed by atoms with Crippen LogP contribution in [0.4, 0.5) is 17.5 Å².